The molecule has 0 saturated carbocycles. The quantitative estimate of drug-likeness (QED) is 0.178. The zero-order chi connectivity index (χ0) is 34.1. The van der Waals surface area contributed by atoms with E-state index in [1.165, 1.54) is 30.2 Å². The number of rotatable bonds is 14. The molecule has 8 nitrogen and oxygen atoms in total. The number of benzene rings is 4. The first-order valence-corrected chi connectivity index (χ1v) is 16.9. The van der Waals surface area contributed by atoms with E-state index in [4.69, 9.17) is 4.74 Å². The molecule has 2 amide bonds. The van der Waals surface area contributed by atoms with E-state index in [0.29, 0.717) is 6.54 Å². The van der Waals surface area contributed by atoms with Crippen molar-refractivity contribution in [3.05, 3.63) is 125 Å². The average molecular weight is 660 g/mol. The standard InChI is InChI=1S/C37H42FN3O5S/c1-26(2)23-39-37(43)34(22-29-11-7-6-8-12-29)40(24-30-13-9-10-14-32(30)38)36(42)25-41(33-21-28(4)17-20-35(33)46-5)47(44,45)31-18-15-27(3)16-19-31/h6-21,26,34H,22-25H2,1-5H3,(H,39,43). The van der Waals surface area contributed by atoms with Crippen LogP contribution in [0.5, 0.6) is 5.75 Å². The predicted octanol–water partition coefficient (Wildman–Crippen LogP) is 6.06. The molecule has 248 valence electrons. The van der Waals surface area contributed by atoms with Crippen molar-refractivity contribution in [2.24, 2.45) is 5.92 Å². The number of sulfonamides is 1. The van der Waals surface area contributed by atoms with Crippen molar-refractivity contribution in [2.45, 2.75) is 51.6 Å². The first kappa shape index (κ1) is 35.2. The molecule has 0 radical (unpaired) electrons. The van der Waals surface area contributed by atoms with Gasteiger partial charge in [0.25, 0.3) is 10.0 Å². The molecule has 0 aliphatic carbocycles. The van der Waals surface area contributed by atoms with Crippen LogP contribution in [0.2, 0.25) is 0 Å². The van der Waals surface area contributed by atoms with Crippen LogP contribution in [0.15, 0.2) is 102 Å². The molecule has 0 aromatic heterocycles. The summed E-state index contributed by atoms with van der Waals surface area (Å²) >= 11 is 0. The number of nitrogens with zero attached hydrogens (tertiary/aromatic N) is 2. The van der Waals surface area contributed by atoms with Gasteiger partial charge in [0.1, 0.15) is 24.2 Å². The number of halogens is 1. The molecule has 1 atom stereocenters. The van der Waals surface area contributed by atoms with Crippen molar-refractivity contribution in [2.75, 3.05) is 24.5 Å². The van der Waals surface area contributed by atoms with Gasteiger partial charge < -0.3 is 15.0 Å². The van der Waals surface area contributed by atoms with Crippen LogP contribution in [-0.2, 0) is 32.6 Å². The van der Waals surface area contributed by atoms with Crippen LogP contribution < -0.4 is 14.4 Å². The van der Waals surface area contributed by atoms with E-state index in [2.05, 4.69) is 5.32 Å². The van der Waals surface area contributed by atoms with Crippen molar-refractivity contribution >= 4 is 27.5 Å². The molecule has 0 aliphatic rings. The van der Waals surface area contributed by atoms with Crippen LogP contribution in [0.1, 0.15) is 36.1 Å². The first-order chi connectivity index (χ1) is 22.4. The molecule has 0 saturated heterocycles. The Balaban J connectivity index is 1.86. The minimum absolute atomic E-state index is 0.0179. The van der Waals surface area contributed by atoms with Crippen molar-refractivity contribution in [1.29, 1.82) is 0 Å². The Hall–Kier alpha value is -4.70. The van der Waals surface area contributed by atoms with Crippen LogP contribution in [-0.4, -0.2) is 51.4 Å². The van der Waals surface area contributed by atoms with E-state index in [9.17, 15) is 18.0 Å². The first-order valence-electron chi connectivity index (χ1n) is 15.5. The third-order valence-electron chi connectivity index (χ3n) is 7.75. The number of carbonyl (C=O) groups excluding carboxylic acids is 2. The highest BCUT2D eigenvalue weighted by molar-refractivity contribution is 7.92. The Bertz CT molecular complexity index is 1780. The lowest BCUT2D eigenvalue weighted by Crippen LogP contribution is -2.54. The lowest BCUT2D eigenvalue weighted by atomic mass is 10.0. The molecule has 10 heteroatoms. The van der Waals surface area contributed by atoms with Crippen LogP contribution in [0.4, 0.5) is 10.1 Å². The molecule has 47 heavy (non-hydrogen) atoms. The largest absolute Gasteiger partial charge is 0.495 e. The lowest BCUT2D eigenvalue weighted by Gasteiger charge is -2.34. The zero-order valence-corrected chi connectivity index (χ0v) is 28.3. The monoisotopic (exact) mass is 659 g/mol. The maximum Gasteiger partial charge on any atom is 0.264 e. The van der Waals surface area contributed by atoms with Gasteiger partial charge in [0.15, 0.2) is 0 Å². The Labute approximate surface area is 277 Å². The number of ether oxygens (including phenoxy) is 1. The van der Waals surface area contributed by atoms with Crippen molar-refractivity contribution in [1.82, 2.24) is 10.2 Å². The molecule has 0 bridgehead atoms. The molecule has 0 fully saturated rings. The minimum atomic E-state index is -4.32. The van der Waals surface area contributed by atoms with Gasteiger partial charge in [0, 0.05) is 25.1 Å². The van der Waals surface area contributed by atoms with E-state index < -0.39 is 40.2 Å². The van der Waals surface area contributed by atoms with Crippen LogP contribution >= 0.6 is 0 Å². The average Bonchev–Trinajstić information content (AvgIpc) is 3.05. The summed E-state index contributed by atoms with van der Waals surface area (Å²) in [6.07, 6.45) is 0.128. The molecular formula is C37H42FN3O5S. The van der Waals surface area contributed by atoms with Crippen molar-refractivity contribution in [3.8, 4) is 5.75 Å². The summed E-state index contributed by atoms with van der Waals surface area (Å²) in [5.41, 5.74) is 2.75. The Morgan fingerprint density at radius 3 is 2.15 bits per heavy atom. The van der Waals surface area contributed by atoms with Crippen molar-refractivity contribution < 1.29 is 27.1 Å². The number of anilines is 1. The number of nitrogens with one attached hydrogen (secondary N) is 1. The summed E-state index contributed by atoms with van der Waals surface area (Å²) in [6, 6.07) is 25.5. The number of hydrogen-bond donors (Lipinski definition) is 1. The number of methoxy groups -OCH3 is 1. The second kappa shape index (κ2) is 15.7. The smallest absolute Gasteiger partial charge is 0.264 e. The summed E-state index contributed by atoms with van der Waals surface area (Å²) in [5.74, 6) is -1.27. The fourth-order valence-corrected chi connectivity index (χ4v) is 6.55. The van der Waals surface area contributed by atoms with Gasteiger partial charge in [0.2, 0.25) is 11.8 Å². The molecular weight excluding hydrogens is 617 g/mol. The Morgan fingerprint density at radius 2 is 1.51 bits per heavy atom. The summed E-state index contributed by atoms with van der Waals surface area (Å²) < 4.78 is 50.3. The third-order valence-corrected chi connectivity index (χ3v) is 9.52. The fourth-order valence-electron chi connectivity index (χ4n) is 5.13. The second-order valence-corrected chi connectivity index (χ2v) is 13.8. The Morgan fingerprint density at radius 1 is 0.872 bits per heavy atom. The highest BCUT2D eigenvalue weighted by atomic mass is 32.2. The lowest BCUT2D eigenvalue weighted by molar-refractivity contribution is -0.140. The summed E-state index contributed by atoms with van der Waals surface area (Å²) in [4.78, 5) is 29.7. The predicted molar refractivity (Wildman–Crippen MR) is 182 cm³/mol. The highest BCUT2D eigenvalue weighted by Gasteiger charge is 2.36. The maximum atomic E-state index is 15.1. The molecule has 0 aliphatic heterocycles. The summed E-state index contributed by atoms with van der Waals surface area (Å²) in [7, 11) is -2.90. The number of carbonyl (C=O) groups is 2. The van der Waals surface area contributed by atoms with E-state index in [1.54, 1.807) is 55.5 Å². The molecule has 4 aromatic rings. The van der Waals surface area contributed by atoms with E-state index in [0.717, 1.165) is 21.0 Å². The SMILES string of the molecule is COc1ccc(C)cc1N(CC(=O)N(Cc1ccccc1F)C(Cc1ccccc1)C(=O)NCC(C)C)S(=O)(=O)c1ccc(C)cc1. The topological polar surface area (TPSA) is 96.0 Å². The second-order valence-electron chi connectivity index (χ2n) is 12.0. The van der Waals surface area contributed by atoms with E-state index >= 15 is 4.39 Å². The number of hydrogen-bond acceptors (Lipinski definition) is 5. The molecule has 0 spiro atoms. The van der Waals surface area contributed by atoms with Crippen LogP contribution in [0.3, 0.4) is 0 Å². The molecule has 0 heterocycles. The van der Waals surface area contributed by atoms with Gasteiger partial charge in [-0.3, -0.25) is 13.9 Å². The highest BCUT2D eigenvalue weighted by Crippen LogP contribution is 2.34. The van der Waals surface area contributed by atoms with Gasteiger partial charge in [-0.2, -0.15) is 0 Å². The van der Waals surface area contributed by atoms with Gasteiger partial charge in [-0.25, -0.2) is 12.8 Å². The number of amides is 2. The van der Waals surface area contributed by atoms with E-state index in [-0.39, 0.29) is 40.8 Å². The van der Waals surface area contributed by atoms with Crippen LogP contribution in [0.25, 0.3) is 0 Å². The molecule has 4 rings (SSSR count). The zero-order valence-electron chi connectivity index (χ0n) is 27.4. The Kier molecular flexibility index (Phi) is 11.8. The van der Waals surface area contributed by atoms with E-state index in [1.807, 2.05) is 51.1 Å². The fraction of sp³-hybridized carbons (Fsp3) is 0.297. The normalized spacial score (nSPS) is 12.0. The maximum absolute atomic E-state index is 15.1. The van der Waals surface area contributed by atoms with Gasteiger partial charge >= 0.3 is 0 Å². The third kappa shape index (κ3) is 8.98. The molecule has 1 N–H and O–H groups in total. The molecule has 4 aromatic carbocycles. The molecule has 1 unspecified atom stereocenters. The van der Waals surface area contributed by atoms with Gasteiger partial charge in [0.05, 0.1) is 17.7 Å². The summed E-state index contributed by atoms with van der Waals surface area (Å²) in [6.45, 7) is 6.99. The summed E-state index contributed by atoms with van der Waals surface area (Å²) in [5, 5.41) is 2.93. The van der Waals surface area contributed by atoms with Gasteiger partial charge in [-0.15, -0.1) is 0 Å². The van der Waals surface area contributed by atoms with Crippen molar-refractivity contribution in [3.63, 3.8) is 0 Å². The minimum Gasteiger partial charge on any atom is -0.495 e. The van der Waals surface area contributed by atoms with Gasteiger partial charge in [-0.05, 0) is 61.2 Å². The van der Waals surface area contributed by atoms with Gasteiger partial charge in [-0.1, -0.05) is 86.1 Å². The van der Waals surface area contributed by atoms with Crippen LogP contribution in [0, 0.1) is 25.6 Å². The number of aryl methyl sites for hydroxylation is 2.